The van der Waals surface area contributed by atoms with E-state index in [1.807, 2.05) is 0 Å². The Balaban J connectivity index is 1.56. The van der Waals surface area contributed by atoms with Crippen molar-refractivity contribution in [3.8, 4) is 0 Å². The third-order valence-corrected chi connectivity index (χ3v) is 5.87. The van der Waals surface area contributed by atoms with Crippen LogP contribution in [-0.4, -0.2) is 53.8 Å². The Bertz CT molecular complexity index is 918. The van der Waals surface area contributed by atoms with Crippen LogP contribution in [-0.2, 0) is 16.0 Å². The lowest BCUT2D eigenvalue weighted by molar-refractivity contribution is -0.126. The van der Waals surface area contributed by atoms with E-state index in [2.05, 4.69) is 10.6 Å². The van der Waals surface area contributed by atoms with Crippen molar-refractivity contribution in [3.05, 3.63) is 65.5 Å². The summed E-state index contributed by atoms with van der Waals surface area (Å²) in [5.74, 6) is -0.677. The molecule has 0 aliphatic carbocycles. The molecule has 1 saturated heterocycles. The van der Waals surface area contributed by atoms with Crippen LogP contribution in [0, 0.1) is 5.82 Å². The van der Waals surface area contributed by atoms with Crippen LogP contribution >= 0.6 is 11.8 Å². The van der Waals surface area contributed by atoms with Crippen LogP contribution in [0.1, 0.15) is 15.9 Å². The molecule has 0 radical (unpaired) electrons. The van der Waals surface area contributed by atoms with E-state index in [0.717, 1.165) is 0 Å². The van der Waals surface area contributed by atoms with E-state index in [9.17, 15) is 18.8 Å². The van der Waals surface area contributed by atoms with Crippen LogP contribution < -0.4 is 10.6 Å². The lowest BCUT2D eigenvalue weighted by Crippen LogP contribution is -2.52. The summed E-state index contributed by atoms with van der Waals surface area (Å²) in [6.45, 7) is 0. The molecule has 2 aromatic rings. The molecule has 152 valence electrons. The normalized spacial score (nSPS) is 18.7. The standard InChI is InChI=1S/C21H22FN3O3S/c1-25(2)21(28)13-7-9-15(10-8-13)23-19(26)17-12-29-18(20(27)24-17)11-14-5-3-4-6-16(14)22/h3-10,17-18H,11-12H2,1-2H3,(H,23,26)(H,24,27)/t17-,18+/m0/s1. The molecule has 29 heavy (non-hydrogen) atoms. The van der Waals surface area contributed by atoms with Gasteiger partial charge in [-0.25, -0.2) is 4.39 Å². The van der Waals surface area contributed by atoms with E-state index in [0.29, 0.717) is 22.6 Å². The minimum atomic E-state index is -0.674. The minimum Gasteiger partial charge on any atom is -0.345 e. The van der Waals surface area contributed by atoms with Crippen molar-refractivity contribution in [3.63, 3.8) is 0 Å². The van der Waals surface area contributed by atoms with E-state index in [4.69, 9.17) is 0 Å². The lowest BCUT2D eigenvalue weighted by Gasteiger charge is -2.28. The molecule has 8 heteroatoms. The number of nitrogens with zero attached hydrogens (tertiary/aromatic N) is 1. The van der Waals surface area contributed by atoms with Gasteiger partial charge >= 0.3 is 0 Å². The zero-order valence-corrected chi connectivity index (χ0v) is 17.0. The van der Waals surface area contributed by atoms with Crippen LogP contribution in [0.25, 0.3) is 0 Å². The first-order valence-corrected chi connectivity index (χ1v) is 10.2. The molecule has 0 bridgehead atoms. The number of benzene rings is 2. The Labute approximate surface area is 172 Å². The fourth-order valence-corrected chi connectivity index (χ4v) is 4.11. The lowest BCUT2D eigenvalue weighted by atomic mass is 10.1. The molecule has 3 rings (SSSR count). The highest BCUT2D eigenvalue weighted by Crippen LogP contribution is 2.24. The zero-order chi connectivity index (χ0) is 21.0. The van der Waals surface area contributed by atoms with Crippen LogP contribution in [0.2, 0.25) is 0 Å². The molecule has 0 aromatic heterocycles. The third kappa shape index (κ3) is 5.14. The summed E-state index contributed by atoms with van der Waals surface area (Å²) in [7, 11) is 3.34. The van der Waals surface area contributed by atoms with Gasteiger partial charge in [-0.2, -0.15) is 0 Å². The van der Waals surface area contributed by atoms with Gasteiger partial charge in [-0.15, -0.1) is 11.8 Å². The van der Waals surface area contributed by atoms with Gasteiger partial charge in [-0.1, -0.05) is 18.2 Å². The Morgan fingerprint density at radius 2 is 1.86 bits per heavy atom. The molecule has 1 aliphatic heterocycles. The molecular weight excluding hydrogens is 393 g/mol. The zero-order valence-electron chi connectivity index (χ0n) is 16.1. The summed E-state index contributed by atoms with van der Waals surface area (Å²) in [5.41, 5.74) is 1.54. The second-order valence-electron chi connectivity index (χ2n) is 6.94. The summed E-state index contributed by atoms with van der Waals surface area (Å²) < 4.78 is 13.8. The summed E-state index contributed by atoms with van der Waals surface area (Å²) in [4.78, 5) is 38.3. The van der Waals surface area contributed by atoms with Gasteiger partial charge in [-0.3, -0.25) is 14.4 Å². The molecule has 1 heterocycles. The fraction of sp³-hybridized carbons (Fsp3) is 0.286. The van der Waals surface area contributed by atoms with E-state index < -0.39 is 11.3 Å². The molecule has 0 unspecified atom stereocenters. The number of carbonyl (C=O) groups excluding carboxylic acids is 3. The third-order valence-electron chi connectivity index (χ3n) is 4.56. The Hall–Kier alpha value is -2.87. The maximum absolute atomic E-state index is 13.8. The Morgan fingerprint density at radius 1 is 1.17 bits per heavy atom. The molecule has 6 nitrogen and oxygen atoms in total. The first-order chi connectivity index (χ1) is 13.8. The van der Waals surface area contributed by atoms with Crippen molar-refractivity contribution >= 4 is 35.2 Å². The first kappa shape index (κ1) is 20.9. The number of amides is 3. The number of nitrogens with one attached hydrogen (secondary N) is 2. The van der Waals surface area contributed by atoms with Crippen LogP contribution in [0.5, 0.6) is 0 Å². The van der Waals surface area contributed by atoms with Gasteiger partial charge in [0, 0.05) is 31.1 Å². The van der Waals surface area contributed by atoms with Gasteiger partial charge in [0.15, 0.2) is 0 Å². The molecule has 0 saturated carbocycles. The highest BCUT2D eigenvalue weighted by molar-refractivity contribution is 8.00. The van der Waals surface area contributed by atoms with Gasteiger partial charge in [0.25, 0.3) is 5.91 Å². The second kappa shape index (κ2) is 9.09. The summed E-state index contributed by atoms with van der Waals surface area (Å²) in [6.07, 6.45) is 0.277. The average Bonchev–Trinajstić information content (AvgIpc) is 2.71. The van der Waals surface area contributed by atoms with Crippen LogP contribution in [0.15, 0.2) is 48.5 Å². The number of rotatable bonds is 5. The van der Waals surface area contributed by atoms with Gasteiger partial charge in [0.1, 0.15) is 11.9 Å². The van der Waals surface area contributed by atoms with E-state index >= 15 is 0 Å². The van der Waals surface area contributed by atoms with Crippen molar-refractivity contribution in [1.82, 2.24) is 10.2 Å². The number of anilines is 1. The van der Waals surface area contributed by atoms with E-state index in [1.165, 1.54) is 22.7 Å². The predicted molar refractivity (Wildman–Crippen MR) is 111 cm³/mol. The number of thioether (sulfide) groups is 1. The monoisotopic (exact) mass is 415 g/mol. The molecule has 3 amide bonds. The smallest absolute Gasteiger partial charge is 0.253 e. The number of carbonyl (C=O) groups is 3. The van der Waals surface area contributed by atoms with E-state index in [1.54, 1.807) is 56.6 Å². The quantitative estimate of drug-likeness (QED) is 0.786. The largest absolute Gasteiger partial charge is 0.345 e. The van der Waals surface area contributed by atoms with Crippen LogP contribution in [0.4, 0.5) is 10.1 Å². The first-order valence-electron chi connectivity index (χ1n) is 9.13. The highest BCUT2D eigenvalue weighted by Gasteiger charge is 2.32. The molecule has 2 N–H and O–H groups in total. The molecule has 0 spiro atoms. The Morgan fingerprint density at radius 3 is 2.48 bits per heavy atom. The molecular formula is C21H22FN3O3S. The van der Waals surface area contributed by atoms with E-state index in [-0.39, 0.29) is 30.0 Å². The molecule has 1 aliphatic rings. The second-order valence-corrected chi connectivity index (χ2v) is 8.18. The topological polar surface area (TPSA) is 78.5 Å². The average molecular weight is 415 g/mol. The van der Waals surface area contributed by atoms with Gasteiger partial charge in [0.2, 0.25) is 11.8 Å². The summed E-state index contributed by atoms with van der Waals surface area (Å²) >= 11 is 1.34. The molecule has 2 atom stereocenters. The maximum atomic E-state index is 13.8. The van der Waals surface area contributed by atoms with Gasteiger partial charge < -0.3 is 15.5 Å². The fourth-order valence-electron chi connectivity index (χ4n) is 2.93. The van der Waals surface area contributed by atoms with Crippen molar-refractivity contribution in [1.29, 1.82) is 0 Å². The SMILES string of the molecule is CN(C)C(=O)c1ccc(NC(=O)[C@@H]2CS[C@H](Cc3ccccc3F)C(=O)N2)cc1. The number of halogens is 1. The number of hydrogen-bond donors (Lipinski definition) is 2. The molecule has 2 aromatic carbocycles. The summed E-state index contributed by atoms with van der Waals surface area (Å²) in [5, 5.41) is 5.03. The Kier molecular flexibility index (Phi) is 6.53. The van der Waals surface area contributed by atoms with Crippen molar-refractivity contribution < 1.29 is 18.8 Å². The maximum Gasteiger partial charge on any atom is 0.253 e. The van der Waals surface area contributed by atoms with Crippen molar-refractivity contribution in [2.75, 3.05) is 25.2 Å². The predicted octanol–water partition coefficient (Wildman–Crippen LogP) is 2.31. The van der Waals surface area contributed by atoms with Crippen molar-refractivity contribution in [2.45, 2.75) is 17.7 Å². The van der Waals surface area contributed by atoms with Crippen LogP contribution in [0.3, 0.4) is 0 Å². The van der Waals surface area contributed by atoms with Gasteiger partial charge in [-0.05, 0) is 42.3 Å². The molecule has 1 fully saturated rings. The number of hydrogen-bond acceptors (Lipinski definition) is 4. The summed E-state index contributed by atoms with van der Waals surface area (Å²) in [6, 6.07) is 12.3. The van der Waals surface area contributed by atoms with Crippen molar-refractivity contribution in [2.24, 2.45) is 0 Å². The minimum absolute atomic E-state index is 0.125. The van der Waals surface area contributed by atoms with Gasteiger partial charge in [0.05, 0.1) is 5.25 Å². The highest BCUT2D eigenvalue weighted by atomic mass is 32.2.